The lowest BCUT2D eigenvalue weighted by atomic mass is 9.97. The second kappa shape index (κ2) is 10.3. The van der Waals surface area contributed by atoms with Crippen molar-refractivity contribution in [3.8, 4) is 0 Å². The average molecular weight is 381 g/mol. The molecule has 0 aliphatic rings. The van der Waals surface area contributed by atoms with E-state index >= 15 is 0 Å². The molecular weight excluding hydrogens is 356 g/mol. The Morgan fingerprint density at radius 1 is 0.929 bits per heavy atom. The summed E-state index contributed by atoms with van der Waals surface area (Å²) in [6.45, 7) is 4.09. The second-order valence-electron chi connectivity index (χ2n) is 6.63. The van der Waals surface area contributed by atoms with Gasteiger partial charge >= 0.3 is 0 Å². The van der Waals surface area contributed by atoms with Crippen LogP contribution < -0.4 is 15.7 Å². The van der Waals surface area contributed by atoms with E-state index in [9.17, 15) is 19.5 Å². The minimum Gasteiger partial charge on any atom is -0.545 e. The summed E-state index contributed by atoms with van der Waals surface area (Å²) in [5.74, 6) is -1.94. The molecule has 0 saturated heterocycles. The molecule has 2 aromatic carbocycles. The van der Waals surface area contributed by atoms with Gasteiger partial charge in [-0.15, -0.1) is 0 Å². The molecule has 2 N–H and O–H groups in total. The molecule has 0 heterocycles. The number of anilines is 2. The van der Waals surface area contributed by atoms with Gasteiger partial charge in [0.25, 0.3) is 5.91 Å². The minimum absolute atomic E-state index is 0.0523. The van der Waals surface area contributed by atoms with E-state index in [0.29, 0.717) is 11.3 Å². The van der Waals surface area contributed by atoms with Gasteiger partial charge in [0.2, 0.25) is 5.91 Å². The first kappa shape index (κ1) is 21.2. The zero-order chi connectivity index (χ0) is 20.5. The van der Waals surface area contributed by atoms with Crippen LogP contribution in [0.15, 0.2) is 48.5 Å². The van der Waals surface area contributed by atoms with E-state index < -0.39 is 11.9 Å². The molecule has 2 amide bonds. The maximum atomic E-state index is 12.5. The lowest BCUT2D eigenvalue weighted by molar-refractivity contribution is -0.254. The van der Waals surface area contributed by atoms with Gasteiger partial charge in [0.15, 0.2) is 0 Å². The molecule has 0 aromatic heterocycles. The number of carbonyl (C=O) groups is 3. The van der Waals surface area contributed by atoms with Crippen molar-refractivity contribution in [2.45, 2.75) is 39.5 Å². The van der Waals surface area contributed by atoms with Gasteiger partial charge in [-0.25, -0.2) is 0 Å². The summed E-state index contributed by atoms with van der Waals surface area (Å²) in [6.07, 6.45) is 3.50. The predicted octanol–water partition coefficient (Wildman–Crippen LogP) is 3.46. The van der Waals surface area contributed by atoms with Gasteiger partial charge in [0.05, 0.1) is 11.7 Å². The molecule has 28 heavy (non-hydrogen) atoms. The zero-order valence-electron chi connectivity index (χ0n) is 16.2. The lowest BCUT2D eigenvalue weighted by Gasteiger charge is -2.16. The predicted molar refractivity (Wildman–Crippen MR) is 107 cm³/mol. The van der Waals surface area contributed by atoms with E-state index in [1.165, 1.54) is 12.1 Å². The number of carboxylic acid groups (broad SMARTS) is 1. The third kappa shape index (κ3) is 5.67. The average Bonchev–Trinajstić information content (AvgIpc) is 2.68. The van der Waals surface area contributed by atoms with Gasteiger partial charge in [-0.1, -0.05) is 51.0 Å². The number of amides is 2. The van der Waals surface area contributed by atoms with E-state index in [-0.39, 0.29) is 23.1 Å². The van der Waals surface area contributed by atoms with Crippen LogP contribution in [0, 0.1) is 5.92 Å². The highest BCUT2D eigenvalue weighted by atomic mass is 16.4. The quantitative estimate of drug-likeness (QED) is 0.695. The minimum atomic E-state index is -1.37. The van der Waals surface area contributed by atoms with Crippen LogP contribution in [0.5, 0.6) is 0 Å². The monoisotopic (exact) mass is 381 g/mol. The van der Waals surface area contributed by atoms with Crippen molar-refractivity contribution in [3.63, 3.8) is 0 Å². The molecule has 0 aliphatic carbocycles. The summed E-state index contributed by atoms with van der Waals surface area (Å²) in [4.78, 5) is 36.2. The van der Waals surface area contributed by atoms with Crippen molar-refractivity contribution in [2.24, 2.45) is 5.92 Å². The number of hydrogen-bond donors (Lipinski definition) is 2. The van der Waals surface area contributed by atoms with E-state index in [1.54, 1.807) is 36.4 Å². The van der Waals surface area contributed by atoms with Crippen LogP contribution in [0.3, 0.4) is 0 Å². The van der Waals surface area contributed by atoms with Gasteiger partial charge in [-0.3, -0.25) is 9.59 Å². The van der Waals surface area contributed by atoms with Gasteiger partial charge in [0.1, 0.15) is 0 Å². The highest BCUT2D eigenvalue weighted by Gasteiger charge is 2.17. The SMILES string of the molecule is CCCC(CCC)C(=O)Nc1cccc(C(=O)Nc2ccccc2C(=O)[O-])c1. The number of para-hydroxylation sites is 1. The Kier molecular flexibility index (Phi) is 7.75. The van der Waals surface area contributed by atoms with E-state index in [4.69, 9.17) is 0 Å². The molecule has 0 saturated carbocycles. The van der Waals surface area contributed by atoms with E-state index in [1.807, 2.05) is 13.8 Å². The van der Waals surface area contributed by atoms with Crippen LogP contribution in [0.2, 0.25) is 0 Å². The number of carbonyl (C=O) groups excluding carboxylic acids is 3. The van der Waals surface area contributed by atoms with E-state index in [2.05, 4.69) is 10.6 Å². The maximum absolute atomic E-state index is 12.5. The third-order valence-corrected chi connectivity index (χ3v) is 4.43. The molecule has 6 heteroatoms. The molecule has 0 spiro atoms. The molecule has 2 aromatic rings. The van der Waals surface area contributed by atoms with Crippen LogP contribution in [-0.4, -0.2) is 17.8 Å². The Bertz CT molecular complexity index is 842. The molecule has 0 radical (unpaired) electrons. The van der Waals surface area contributed by atoms with Crippen molar-refractivity contribution < 1.29 is 19.5 Å². The summed E-state index contributed by atoms with van der Waals surface area (Å²) in [7, 11) is 0. The largest absolute Gasteiger partial charge is 0.545 e. The smallest absolute Gasteiger partial charge is 0.255 e. The van der Waals surface area contributed by atoms with Crippen LogP contribution in [-0.2, 0) is 4.79 Å². The summed E-state index contributed by atoms with van der Waals surface area (Å²) >= 11 is 0. The molecular formula is C22H25N2O4-. The number of nitrogens with one attached hydrogen (secondary N) is 2. The van der Waals surface area contributed by atoms with Crippen molar-refractivity contribution in [2.75, 3.05) is 10.6 Å². The Balaban J connectivity index is 2.13. The molecule has 0 bridgehead atoms. The number of benzene rings is 2. The first-order valence-corrected chi connectivity index (χ1v) is 9.48. The number of aromatic carboxylic acids is 1. The Labute approximate surface area is 165 Å². The van der Waals surface area contributed by atoms with Crippen LogP contribution in [0.1, 0.15) is 60.2 Å². The Morgan fingerprint density at radius 2 is 1.61 bits per heavy atom. The van der Waals surface area contributed by atoms with Gasteiger partial charge < -0.3 is 20.5 Å². The van der Waals surface area contributed by atoms with Gasteiger partial charge in [0, 0.05) is 22.7 Å². The highest BCUT2D eigenvalue weighted by Crippen LogP contribution is 2.19. The second-order valence-corrected chi connectivity index (χ2v) is 6.63. The fourth-order valence-corrected chi connectivity index (χ4v) is 3.05. The van der Waals surface area contributed by atoms with Crippen LogP contribution in [0.25, 0.3) is 0 Å². The zero-order valence-corrected chi connectivity index (χ0v) is 16.2. The lowest BCUT2D eigenvalue weighted by Crippen LogP contribution is -2.25. The van der Waals surface area contributed by atoms with Crippen molar-refractivity contribution in [1.29, 1.82) is 0 Å². The van der Waals surface area contributed by atoms with Crippen LogP contribution in [0.4, 0.5) is 11.4 Å². The first-order valence-electron chi connectivity index (χ1n) is 9.48. The maximum Gasteiger partial charge on any atom is 0.255 e. The summed E-state index contributed by atoms with van der Waals surface area (Å²) in [5, 5.41) is 16.6. The van der Waals surface area contributed by atoms with Crippen molar-refractivity contribution in [3.05, 3.63) is 59.7 Å². The molecule has 0 aliphatic heterocycles. The normalized spacial score (nSPS) is 10.5. The molecule has 0 fully saturated rings. The molecule has 0 unspecified atom stereocenters. The standard InChI is InChI=1S/C22H26N2O4/c1-3-8-15(9-4-2)20(25)23-17-11-7-10-16(14-17)21(26)24-19-13-6-5-12-18(19)22(27)28/h5-7,10-15H,3-4,8-9H2,1-2H3,(H,23,25)(H,24,26)(H,27,28)/p-1. The Hall–Kier alpha value is -3.15. The topological polar surface area (TPSA) is 98.3 Å². The van der Waals surface area contributed by atoms with Gasteiger partial charge in [-0.05, 0) is 37.1 Å². The summed E-state index contributed by atoms with van der Waals surface area (Å²) in [6, 6.07) is 12.6. The molecule has 6 nitrogen and oxygen atoms in total. The summed E-state index contributed by atoms with van der Waals surface area (Å²) < 4.78 is 0. The number of hydrogen-bond acceptors (Lipinski definition) is 4. The summed E-state index contributed by atoms with van der Waals surface area (Å²) in [5.41, 5.74) is 0.909. The Morgan fingerprint density at radius 3 is 2.25 bits per heavy atom. The number of rotatable bonds is 9. The van der Waals surface area contributed by atoms with Crippen LogP contribution >= 0.6 is 0 Å². The van der Waals surface area contributed by atoms with E-state index in [0.717, 1.165) is 25.7 Å². The fourth-order valence-electron chi connectivity index (χ4n) is 3.05. The molecule has 2 rings (SSSR count). The number of carboxylic acids is 1. The molecule has 0 atom stereocenters. The third-order valence-electron chi connectivity index (χ3n) is 4.43. The first-order chi connectivity index (χ1) is 13.5. The van der Waals surface area contributed by atoms with Crippen molar-refractivity contribution in [1.82, 2.24) is 0 Å². The van der Waals surface area contributed by atoms with Crippen molar-refractivity contribution >= 4 is 29.2 Å². The molecule has 148 valence electrons. The van der Waals surface area contributed by atoms with Gasteiger partial charge in [-0.2, -0.15) is 0 Å². The highest BCUT2D eigenvalue weighted by molar-refractivity contribution is 6.08. The fraction of sp³-hybridized carbons (Fsp3) is 0.318.